The Morgan fingerprint density at radius 1 is 1.38 bits per heavy atom. The molecule has 0 aliphatic heterocycles. The van der Waals surface area contributed by atoms with Crippen LogP contribution in [0, 0.1) is 11.3 Å². The maximum absolute atomic E-state index is 11.8. The monoisotopic (exact) mass is 289 g/mol. The Morgan fingerprint density at radius 3 is 2.71 bits per heavy atom. The van der Waals surface area contributed by atoms with Crippen LogP contribution in [-0.4, -0.2) is 37.8 Å². The lowest BCUT2D eigenvalue weighted by Crippen LogP contribution is -2.28. The number of phenols is 1. The number of aromatic hydroxyl groups is 1. The van der Waals surface area contributed by atoms with Gasteiger partial charge in [-0.25, -0.2) is 0 Å². The molecule has 0 saturated carbocycles. The predicted octanol–water partition coefficient (Wildman–Crippen LogP) is 0.694. The number of carbonyl (C=O) groups excluding carboxylic acids is 1. The second-order valence-electron chi connectivity index (χ2n) is 4.29. The Morgan fingerprint density at radius 2 is 2.10 bits per heavy atom. The van der Waals surface area contributed by atoms with Crippen LogP contribution in [0.5, 0.6) is 5.75 Å². The van der Waals surface area contributed by atoms with Gasteiger partial charge in [0.25, 0.3) is 5.91 Å². The normalized spacial score (nSPS) is 10.8. The van der Waals surface area contributed by atoms with Gasteiger partial charge in [-0.15, -0.1) is 0 Å². The summed E-state index contributed by atoms with van der Waals surface area (Å²) in [5.41, 5.74) is 1.02. The number of nitriles is 1. The van der Waals surface area contributed by atoms with E-state index in [1.54, 1.807) is 31.4 Å². The molecular weight excluding hydrogens is 270 g/mol. The molecule has 0 aliphatic carbocycles. The van der Waals surface area contributed by atoms with Crippen molar-refractivity contribution in [3.8, 4) is 11.8 Å². The SMILES string of the molecule is COCCN/C=C(/C#N)C(=O)NCCc1ccc(O)cc1. The second-order valence-corrected chi connectivity index (χ2v) is 4.29. The average molecular weight is 289 g/mol. The first-order chi connectivity index (χ1) is 10.2. The number of nitrogens with zero attached hydrogens (tertiary/aromatic N) is 1. The van der Waals surface area contributed by atoms with Crippen LogP contribution in [0.15, 0.2) is 36.0 Å². The van der Waals surface area contributed by atoms with Crippen molar-refractivity contribution in [3.63, 3.8) is 0 Å². The van der Waals surface area contributed by atoms with Gasteiger partial charge in [-0.2, -0.15) is 5.26 Å². The summed E-state index contributed by atoms with van der Waals surface area (Å²) in [4.78, 5) is 11.8. The molecule has 0 heterocycles. The van der Waals surface area contributed by atoms with Crippen molar-refractivity contribution in [1.82, 2.24) is 10.6 Å². The topological polar surface area (TPSA) is 94.4 Å². The minimum atomic E-state index is -0.416. The van der Waals surface area contributed by atoms with E-state index in [1.165, 1.54) is 6.20 Å². The third-order valence-electron chi connectivity index (χ3n) is 2.70. The number of phenolic OH excluding ortho intramolecular Hbond substituents is 1. The van der Waals surface area contributed by atoms with E-state index in [4.69, 9.17) is 15.1 Å². The molecule has 1 aromatic rings. The number of rotatable bonds is 8. The molecular formula is C15H19N3O3. The maximum Gasteiger partial charge on any atom is 0.263 e. The lowest BCUT2D eigenvalue weighted by molar-refractivity contribution is -0.117. The number of methoxy groups -OCH3 is 1. The molecule has 0 aromatic heterocycles. The molecule has 1 amide bonds. The van der Waals surface area contributed by atoms with Crippen molar-refractivity contribution in [1.29, 1.82) is 5.26 Å². The fourth-order valence-electron chi connectivity index (χ4n) is 1.56. The lowest BCUT2D eigenvalue weighted by atomic mass is 10.1. The first-order valence-corrected chi connectivity index (χ1v) is 6.56. The van der Waals surface area contributed by atoms with E-state index in [-0.39, 0.29) is 11.3 Å². The third kappa shape index (κ3) is 6.45. The summed E-state index contributed by atoms with van der Waals surface area (Å²) < 4.78 is 4.85. The fraction of sp³-hybridized carbons (Fsp3) is 0.333. The van der Waals surface area contributed by atoms with Crippen molar-refractivity contribution in [2.45, 2.75) is 6.42 Å². The quantitative estimate of drug-likeness (QED) is 0.372. The van der Waals surface area contributed by atoms with E-state index in [2.05, 4.69) is 10.6 Å². The summed E-state index contributed by atoms with van der Waals surface area (Å²) in [6, 6.07) is 8.61. The summed E-state index contributed by atoms with van der Waals surface area (Å²) in [5, 5.41) is 23.6. The molecule has 21 heavy (non-hydrogen) atoms. The van der Waals surface area contributed by atoms with E-state index in [0.717, 1.165) is 5.56 Å². The van der Waals surface area contributed by atoms with Crippen LogP contribution in [-0.2, 0) is 16.0 Å². The highest BCUT2D eigenvalue weighted by molar-refractivity contribution is 5.97. The van der Waals surface area contributed by atoms with Crippen molar-refractivity contribution in [2.24, 2.45) is 0 Å². The van der Waals surface area contributed by atoms with Gasteiger partial charge >= 0.3 is 0 Å². The van der Waals surface area contributed by atoms with Gasteiger partial charge in [0.2, 0.25) is 0 Å². The van der Waals surface area contributed by atoms with Gasteiger partial charge in [0.05, 0.1) is 6.61 Å². The zero-order valence-electron chi connectivity index (χ0n) is 11.9. The minimum Gasteiger partial charge on any atom is -0.508 e. The number of nitrogens with one attached hydrogen (secondary N) is 2. The third-order valence-corrected chi connectivity index (χ3v) is 2.70. The molecule has 0 atom stereocenters. The van der Waals surface area contributed by atoms with Crippen LogP contribution in [0.3, 0.4) is 0 Å². The number of hydrogen-bond acceptors (Lipinski definition) is 5. The van der Waals surface area contributed by atoms with Crippen LogP contribution in [0.25, 0.3) is 0 Å². The highest BCUT2D eigenvalue weighted by atomic mass is 16.5. The highest BCUT2D eigenvalue weighted by Crippen LogP contribution is 2.09. The number of carbonyl (C=O) groups is 1. The Bertz CT molecular complexity index is 518. The van der Waals surface area contributed by atoms with Crippen molar-refractivity contribution in [3.05, 3.63) is 41.6 Å². The fourth-order valence-corrected chi connectivity index (χ4v) is 1.56. The van der Waals surface area contributed by atoms with E-state index >= 15 is 0 Å². The molecule has 0 radical (unpaired) electrons. The number of hydrogen-bond donors (Lipinski definition) is 3. The van der Waals surface area contributed by atoms with E-state index in [9.17, 15) is 4.79 Å². The minimum absolute atomic E-state index is 0.0248. The van der Waals surface area contributed by atoms with Crippen LogP contribution in [0.2, 0.25) is 0 Å². The first-order valence-electron chi connectivity index (χ1n) is 6.56. The average Bonchev–Trinajstić information content (AvgIpc) is 2.49. The summed E-state index contributed by atoms with van der Waals surface area (Å²) in [5.74, 6) is -0.208. The molecule has 0 saturated heterocycles. The van der Waals surface area contributed by atoms with Gasteiger partial charge in [-0.05, 0) is 24.1 Å². The van der Waals surface area contributed by atoms with Crippen LogP contribution < -0.4 is 10.6 Å². The van der Waals surface area contributed by atoms with E-state index in [0.29, 0.717) is 26.1 Å². The Labute approximate surface area is 124 Å². The highest BCUT2D eigenvalue weighted by Gasteiger charge is 2.07. The van der Waals surface area contributed by atoms with Gasteiger partial charge in [-0.1, -0.05) is 12.1 Å². The van der Waals surface area contributed by atoms with Crippen molar-refractivity contribution in [2.75, 3.05) is 26.8 Å². The number of benzene rings is 1. The van der Waals surface area contributed by atoms with Gasteiger partial charge < -0.3 is 20.5 Å². The Kier molecular flexibility index (Phi) is 7.40. The van der Waals surface area contributed by atoms with Crippen LogP contribution in [0.4, 0.5) is 0 Å². The van der Waals surface area contributed by atoms with E-state index < -0.39 is 5.91 Å². The smallest absolute Gasteiger partial charge is 0.263 e. The van der Waals surface area contributed by atoms with Gasteiger partial charge in [0, 0.05) is 26.4 Å². The Balaban J connectivity index is 2.37. The molecule has 0 spiro atoms. The predicted molar refractivity (Wildman–Crippen MR) is 78.4 cm³/mol. The van der Waals surface area contributed by atoms with Crippen molar-refractivity contribution >= 4 is 5.91 Å². The molecule has 0 aliphatic rings. The van der Waals surface area contributed by atoms with Crippen LogP contribution >= 0.6 is 0 Å². The van der Waals surface area contributed by atoms with Gasteiger partial charge in [0.15, 0.2) is 0 Å². The largest absolute Gasteiger partial charge is 0.508 e. The first kappa shape index (κ1) is 16.5. The molecule has 112 valence electrons. The summed E-state index contributed by atoms with van der Waals surface area (Å²) in [6.07, 6.45) is 2.01. The summed E-state index contributed by atoms with van der Waals surface area (Å²) in [6.45, 7) is 1.45. The van der Waals surface area contributed by atoms with Gasteiger partial charge in [-0.3, -0.25) is 4.79 Å². The Hall–Kier alpha value is -2.52. The standard InChI is InChI=1S/C15H19N3O3/c1-21-9-8-17-11-13(10-16)15(20)18-7-6-12-2-4-14(19)5-3-12/h2-5,11,17,19H,6-9H2,1H3,(H,18,20)/b13-11-. The second kappa shape index (κ2) is 9.39. The molecule has 3 N–H and O–H groups in total. The molecule has 1 rings (SSSR count). The number of amides is 1. The molecule has 1 aromatic carbocycles. The number of ether oxygens (including phenoxy) is 1. The summed E-state index contributed by atoms with van der Waals surface area (Å²) in [7, 11) is 1.58. The molecule has 6 nitrogen and oxygen atoms in total. The van der Waals surface area contributed by atoms with Crippen LogP contribution in [0.1, 0.15) is 5.56 Å². The molecule has 6 heteroatoms. The maximum atomic E-state index is 11.8. The molecule has 0 bridgehead atoms. The van der Waals surface area contributed by atoms with Crippen molar-refractivity contribution < 1.29 is 14.6 Å². The zero-order valence-corrected chi connectivity index (χ0v) is 11.9. The van der Waals surface area contributed by atoms with Gasteiger partial charge in [0.1, 0.15) is 17.4 Å². The summed E-state index contributed by atoms with van der Waals surface area (Å²) >= 11 is 0. The molecule has 0 fully saturated rings. The van der Waals surface area contributed by atoms with E-state index in [1.807, 2.05) is 6.07 Å². The molecule has 0 unspecified atom stereocenters. The zero-order chi connectivity index (χ0) is 15.5. The lowest BCUT2D eigenvalue weighted by Gasteiger charge is -2.05.